The Kier molecular flexibility index (Phi) is 3.43. The van der Waals surface area contributed by atoms with E-state index in [1.807, 2.05) is 33.0 Å². The molecule has 0 amide bonds. The van der Waals surface area contributed by atoms with Gasteiger partial charge in [-0.25, -0.2) is 4.39 Å². The van der Waals surface area contributed by atoms with Crippen molar-refractivity contribution < 1.29 is 4.39 Å². The molecule has 0 aliphatic rings. The van der Waals surface area contributed by atoms with E-state index in [0.717, 1.165) is 24.1 Å². The summed E-state index contributed by atoms with van der Waals surface area (Å²) in [6.45, 7) is 4.56. The molecule has 0 saturated carbocycles. The van der Waals surface area contributed by atoms with E-state index in [4.69, 9.17) is 0 Å². The van der Waals surface area contributed by atoms with Crippen LogP contribution in [-0.4, -0.2) is 13.6 Å². The normalized spacial score (nSPS) is 10.5. The monoisotopic (exact) mass is 181 g/mol. The maximum atomic E-state index is 13.2. The number of halogens is 1. The zero-order chi connectivity index (χ0) is 9.84. The van der Waals surface area contributed by atoms with E-state index >= 15 is 0 Å². The van der Waals surface area contributed by atoms with Gasteiger partial charge in [0.2, 0.25) is 0 Å². The van der Waals surface area contributed by atoms with Gasteiger partial charge in [0.25, 0.3) is 0 Å². The quantitative estimate of drug-likeness (QED) is 0.753. The second-order valence-corrected chi connectivity index (χ2v) is 3.40. The van der Waals surface area contributed by atoms with Crippen LogP contribution in [-0.2, 0) is 6.42 Å². The molecular weight excluding hydrogens is 165 g/mol. The van der Waals surface area contributed by atoms with Gasteiger partial charge in [-0.15, -0.1) is 0 Å². The van der Waals surface area contributed by atoms with Gasteiger partial charge >= 0.3 is 0 Å². The summed E-state index contributed by atoms with van der Waals surface area (Å²) >= 11 is 0. The SMILES string of the molecule is CNCCc1cc(C)c(F)c(C)c1. The number of hydrogen-bond acceptors (Lipinski definition) is 1. The fraction of sp³-hybridized carbons (Fsp3) is 0.455. The van der Waals surface area contributed by atoms with Gasteiger partial charge in [0.05, 0.1) is 0 Å². The van der Waals surface area contributed by atoms with Crippen molar-refractivity contribution in [3.8, 4) is 0 Å². The fourth-order valence-electron chi connectivity index (χ4n) is 1.45. The summed E-state index contributed by atoms with van der Waals surface area (Å²) < 4.78 is 13.2. The summed E-state index contributed by atoms with van der Waals surface area (Å²) in [5, 5.41) is 3.08. The van der Waals surface area contributed by atoms with E-state index in [1.54, 1.807) is 0 Å². The third-order valence-corrected chi connectivity index (χ3v) is 2.16. The molecular formula is C11H16FN. The Bertz CT molecular complexity index is 271. The van der Waals surface area contributed by atoms with Crippen LogP contribution in [0.1, 0.15) is 16.7 Å². The standard InChI is InChI=1S/C11H16FN/c1-8-6-10(4-5-13-3)7-9(2)11(8)12/h6-7,13H,4-5H2,1-3H3. The first kappa shape index (κ1) is 10.2. The van der Waals surface area contributed by atoms with Crippen LogP contribution >= 0.6 is 0 Å². The molecule has 0 spiro atoms. The molecule has 0 heterocycles. The highest BCUT2D eigenvalue weighted by Gasteiger charge is 2.03. The molecule has 0 fully saturated rings. The van der Waals surface area contributed by atoms with Crippen molar-refractivity contribution in [3.05, 3.63) is 34.6 Å². The summed E-state index contributed by atoms with van der Waals surface area (Å²) in [5.41, 5.74) is 2.68. The smallest absolute Gasteiger partial charge is 0.129 e. The average Bonchev–Trinajstić information content (AvgIpc) is 2.10. The van der Waals surface area contributed by atoms with Gasteiger partial charge in [0, 0.05) is 0 Å². The van der Waals surface area contributed by atoms with E-state index in [1.165, 1.54) is 5.56 Å². The maximum Gasteiger partial charge on any atom is 0.129 e. The van der Waals surface area contributed by atoms with Gasteiger partial charge in [-0.2, -0.15) is 0 Å². The van der Waals surface area contributed by atoms with Crippen molar-refractivity contribution in [3.63, 3.8) is 0 Å². The van der Waals surface area contributed by atoms with Crippen LogP contribution in [0.2, 0.25) is 0 Å². The lowest BCUT2D eigenvalue weighted by Gasteiger charge is -2.06. The summed E-state index contributed by atoms with van der Waals surface area (Å²) in [5.74, 6) is -0.0757. The lowest BCUT2D eigenvalue weighted by Crippen LogP contribution is -2.10. The lowest BCUT2D eigenvalue weighted by atomic mass is 10.0. The van der Waals surface area contributed by atoms with E-state index in [-0.39, 0.29) is 5.82 Å². The Balaban J connectivity index is 2.86. The number of aryl methyl sites for hydroxylation is 2. The van der Waals surface area contributed by atoms with Gasteiger partial charge in [-0.05, 0) is 50.6 Å². The Morgan fingerprint density at radius 2 is 1.77 bits per heavy atom. The Morgan fingerprint density at radius 1 is 1.23 bits per heavy atom. The topological polar surface area (TPSA) is 12.0 Å². The largest absolute Gasteiger partial charge is 0.319 e. The third kappa shape index (κ3) is 2.52. The molecule has 72 valence electrons. The molecule has 0 saturated heterocycles. The second kappa shape index (κ2) is 4.38. The molecule has 2 heteroatoms. The summed E-state index contributed by atoms with van der Waals surface area (Å²) in [7, 11) is 1.92. The minimum atomic E-state index is -0.0757. The van der Waals surface area contributed by atoms with Crippen LogP contribution < -0.4 is 5.32 Å². The van der Waals surface area contributed by atoms with E-state index in [0.29, 0.717) is 0 Å². The third-order valence-electron chi connectivity index (χ3n) is 2.16. The zero-order valence-corrected chi connectivity index (χ0v) is 8.45. The predicted molar refractivity (Wildman–Crippen MR) is 53.5 cm³/mol. The molecule has 13 heavy (non-hydrogen) atoms. The van der Waals surface area contributed by atoms with Crippen LogP contribution in [0.5, 0.6) is 0 Å². The first-order chi connectivity index (χ1) is 6.15. The molecule has 1 nitrogen and oxygen atoms in total. The molecule has 0 aliphatic carbocycles. The fourth-order valence-corrected chi connectivity index (χ4v) is 1.45. The van der Waals surface area contributed by atoms with Crippen molar-refractivity contribution in [2.45, 2.75) is 20.3 Å². The Labute approximate surface area is 79.0 Å². The number of rotatable bonds is 3. The highest BCUT2D eigenvalue weighted by Crippen LogP contribution is 2.14. The molecule has 1 aromatic carbocycles. The molecule has 0 radical (unpaired) electrons. The van der Waals surface area contributed by atoms with Gasteiger partial charge in [0.15, 0.2) is 0 Å². The number of nitrogens with one attached hydrogen (secondary N) is 1. The predicted octanol–water partition coefficient (Wildman–Crippen LogP) is 2.20. The first-order valence-corrected chi connectivity index (χ1v) is 4.55. The maximum absolute atomic E-state index is 13.2. The van der Waals surface area contributed by atoms with Crippen LogP contribution in [0.15, 0.2) is 12.1 Å². The lowest BCUT2D eigenvalue weighted by molar-refractivity contribution is 0.607. The molecule has 1 N–H and O–H groups in total. The van der Waals surface area contributed by atoms with Gasteiger partial charge in [0.1, 0.15) is 5.82 Å². The van der Waals surface area contributed by atoms with Gasteiger partial charge in [-0.1, -0.05) is 12.1 Å². The Hall–Kier alpha value is -0.890. The molecule has 0 aliphatic heterocycles. The minimum Gasteiger partial charge on any atom is -0.319 e. The van der Waals surface area contributed by atoms with Crippen LogP contribution in [0, 0.1) is 19.7 Å². The highest BCUT2D eigenvalue weighted by molar-refractivity contribution is 5.30. The zero-order valence-electron chi connectivity index (χ0n) is 8.45. The van der Waals surface area contributed by atoms with Crippen molar-refractivity contribution >= 4 is 0 Å². The van der Waals surface area contributed by atoms with Crippen molar-refractivity contribution in [1.82, 2.24) is 5.32 Å². The number of likely N-dealkylation sites (N-methyl/N-ethyl adjacent to an activating group) is 1. The van der Waals surface area contributed by atoms with Gasteiger partial charge in [-0.3, -0.25) is 0 Å². The van der Waals surface area contributed by atoms with Crippen molar-refractivity contribution in [2.24, 2.45) is 0 Å². The molecule has 0 unspecified atom stereocenters. The highest BCUT2D eigenvalue weighted by atomic mass is 19.1. The Morgan fingerprint density at radius 3 is 2.23 bits per heavy atom. The second-order valence-electron chi connectivity index (χ2n) is 3.40. The molecule has 1 aromatic rings. The summed E-state index contributed by atoms with van der Waals surface area (Å²) in [6, 6.07) is 3.83. The molecule has 0 aromatic heterocycles. The van der Waals surface area contributed by atoms with Crippen molar-refractivity contribution in [2.75, 3.05) is 13.6 Å². The first-order valence-electron chi connectivity index (χ1n) is 4.55. The van der Waals surface area contributed by atoms with E-state index in [2.05, 4.69) is 5.32 Å². The molecule has 0 atom stereocenters. The average molecular weight is 181 g/mol. The minimum absolute atomic E-state index is 0.0757. The van der Waals surface area contributed by atoms with Crippen LogP contribution in [0.3, 0.4) is 0 Å². The van der Waals surface area contributed by atoms with Crippen LogP contribution in [0.25, 0.3) is 0 Å². The molecule has 1 rings (SSSR count). The van der Waals surface area contributed by atoms with Gasteiger partial charge < -0.3 is 5.32 Å². The summed E-state index contributed by atoms with van der Waals surface area (Å²) in [4.78, 5) is 0. The van der Waals surface area contributed by atoms with E-state index < -0.39 is 0 Å². The van der Waals surface area contributed by atoms with E-state index in [9.17, 15) is 4.39 Å². The molecule has 0 bridgehead atoms. The van der Waals surface area contributed by atoms with Crippen LogP contribution in [0.4, 0.5) is 4.39 Å². The number of benzene rings is 1. The summed E-state index contributed by atoms with van der Waals surface area (Å²) in [6.07, 6.45) is 0.957. The van der Waals surface area contributed by atoms with Crippen molar-refractivity contribution in [1.29, 1.82) is 0 Å². The number of hydrogen-bond donors (Lipinski definition) is 1.